The van der Waals surface area contributed by atoms with E-state index in [1.165, 1.54) is 11.6 Å². The van der Waals surface area contributed by atoms with E-state index in [1.807, 2.05) is 24.3 Å². The zero-order valence-corrected chi connectivity index (χ0v) is 14.4. The average molecular weight is 337 g/mol. The number of nitrogens with one attached hydrogen (secondary N) is 1. The lowest BCUT2D eigenvalue weighted by atomic mass is 9.68. The van der Waals surface area contributed by atoms with E-state index in [1.54, 1.807) is 12.1 Å². The molecule has 0 saturated heterocycles. The molecule has 0 heterocycles. The van der Waals surface area contributed by atoms with Crippen LogP contribution in [-0.4, -0.2) is 11.9 Å². The number of amides is 1. The number of carbonyl (C=O) groups is 1. The van der Waals surface area contributed by atoms with Gasteiger partial charge in [0.25, 0.3) is 0 Å². The highest BCUT2D eigenvalue weighted by Crippen LogP contribution is 2.44. The van der Waals surface area contributed by atoms with Crippen LogP contribution in [0.25, 0.3) is 0 Å². The van der Waals surface area contributed by atoms with E-state index in [2.05, 4.69) is 17.4 Å². The summed E-state index contributed by atoms with van der Waals surface area (Å²) in [6, 6.07) is 17.2. The summed E-state index contributed by atoms with van der Waals surface area (Å²) in [5.74, 6) is 0.239. The second kappa shape index (κ2) is 6.62. The Morgan fingerprint density at radius 1 is 1.00 bits per heavy atom. The van der Waals surface area contributed by atoms with Crippen molar-refractivity contribution in [2.24, 2.45) is 0 Å². The molecule has 2 aromatic rings. The summed E-state index contributed by atoms with van der Waals surface area (Å²) < 4.78 is 13.8. The van der Waals surface area contributed by atoms with E-state index >= 15 is 0 Å². The van der Waals surface area contributed by atoms with Gasteiger partial charge < -0.3 is 5.32 Å². The van der Waals surface area contributed by atoms with Crippen molar-refractivity contribution < 1.29 is 9.18 Å². The molecular weight excluding hydrogens is 313 g/mol. The summed E-state index contributed by atoms with van der Waals surface area (Å²) in [5.41, 5.74) is 1.56. The fourth-order valence-corrected chi connectivity index (χ4v) is 4.32. The van der Waals surface area contributed by atoms with Gasteiger partial charge in [0.1, 0.15) is 5.82 Å². The highest BCUT2D eigenvalue weighted by atomic mass is 19.1. The molecule has 1 N–H and O–H groups in total. The number of benzene rings is 2. The summed E-state index contributed by atoms with van der Waals surface area (Å²) in [6.07, 6.45) is 5.82. The lowest BCUT2D eigenvalue weighted by molar-refractivity contribution is -0.128. The standard InChI is InChI=1S/C22H24FNO/c23-18-11-7-10-17(14-18)22(12-5-2-6-13-22)21(25)24-20-15-19(20)16-8-3-1-4-9-16/h1,3-4,7-11,14,19-20H,2,5-6,12-13,15H2,(H,24,25). The maximum Gasteiger partial charge on any atom is 0.230 e. The minimum absolute atomic E-state index is 0.0845. The largest absolute Gasteiger partial charge is 0.352 e. The third-order valence-corrected chi connectivity index (χ3v) is 5.85. The Kier molecular flexibility index (Phi) is 4.32. The molecule has 2 fully saturated rings. The van der Waals surface area contributed by atoms with Crippen LogP contribution in [0.5, 0.6) is 0 Å². The normalized spacial score (nSPS) is 24.5. The topological polar surface area (TPSA) is 29.1 Å². The first-order valence-electron chi connectivity index (χ1n) is 9.31. The lowest BCUT2D eigenvalue weighted by Crippen LogP contribution is -2.46. The lowest BCUT2D eigenvalue weighted by Gasteiger charge is -2.36. The molecule has 1 amide bonds. The molecule has 0 radical (unpaired) electrons. The van der Waals surface area contributed by atoms with Crippen LogP contribution in [0.15, 0.2) is 54.6 Å². The van der Waals surface area contributed by atoms with Gasteiger partial charge in [0.2, 0.25) is 5.91 Å². The monoisotopic (exact) mass is 337 g/mol. The van der Waals surface area contributed by atoms with Crippen molar-refractivity contribution in [3.63, 3.8) is 0 Å². The van der Waals surface area contributed by atoms with Crippen LogP contribution in [0.2, 0.25) is 0 Å². The minimum atomic E-state index is -0.565. The van der Waals surface area contributed by atoms with Gasteiger partial charge in [-0.05, 0) is 42.5 Å². The number of hydrogen-bond donors (Lipinski definition) is 1. The van der Waals surface area contributed by atoms with Crippen LogP contribution in [-0.2, 0) is 10.2 Å². The molecule has 2 saturated carbocycles. The molecule has 3 heteroatoms. The van der Waals surface area contributed by atoms with Crippen LogP contribution < -0.4 is 5.32 Å². The van der Waals surface area contributed by atoms with Crippen molar-refractivity contribution >= 4 is 5.91 Å². The molecule has 0 aliphatic heterocycles. The second-order valence-electron chi connectivity index (χ2n) is 7.49. The molecule has 130 valence electrons. The Morgan fingerprint density at radius 3 is 2.48 bits per heavy atom. The summed E-state index contributed by atoms with van der Waals surface area (Å²) in [5, 5.41) is 3.27. The van der Waals surface area contributed by atoms with Crippen LogP contribution in [0.1, 0.15) is 55.6 Å². The molecule has 25 heavy (non-hydrogen) atoms. The molecule has 2 aliphatic carbocycles. The molecule has 2 nitrogen and oxygen atoms in total. The molecule has 0 bridgehead atoms. The molecule has 0 aromatic heterocycles. The van der Waals surface area contributed by atoms with Gasteiger partial charge in [-0.25, -0.2) is 4.39 Å². The summed E-state index contributed by atoms with van der Waals surface area (Å²) >= 11 is 0. The van der Waals surface area contributed by atoms with E-state index in [4.69, 9.17) is 0 Å². The Bertz CT molecular complexity index is 752. The smallest absolute Gasteiger partial charge is 0.230 e. The first kappa shape index (κ1) is 16.3. The fourth-order valence-electron chi connectivity index (χ4n) is 4.32. The fraction of sp³-hybridized carbons (Fsp3) is 0.409. The van der Waals surface area contributed by atoms with E-state index in [0.717, 1.165) is 44.1 Å². The quantitative estimate of drug-likeness (QED) is 0.861. The number of hydrogen-bond acceptors (Lipinski definition) is 1. The van der Waals surface area contributed by atoms with Gasteiger partial charge in [-0.2, -0.15) is 0 Å². The Morgan fingerprint density at radius 2 is 1.76 bits per heavy atom. The average Bonchev–Trinajstić information content (AvgIpc) is 3.42. The van der Waals surface area contributed by atoms with Crippen LogP contribution >= 0.6 is 0 Å². The van der Waals surface area contributed by atoms with Gasteiger partial charge >= 0.3 is 0 Å². The van der Waals surface area contributed by atoms with Crippen molar-refractivity contribution in [3.8, 4) is 0 Å². The van der Waals surface area contributed by atoms with Crippen molar-refractivity contribution in [2.75, 3.05) is 0 Å². The van der Waals surface area contributed by atoms with Crippen molar-refractivity contribution in [1.29, 1.82) is 0 Å². The number of carbonyl (C=O) groups excluding carboxylic acids is 1. The number of rotatable bonds is 4. The first-order valence-corrected chi connectivity index (χ1v) is 9.31. The molecular formula is C22H24FNO. The van der Waals surface area contributed by atoms with Crippen molar-refractivity contribution in [1.82, 2.24) is 5.32 Å². The predicted octanol–water partition coefficient (Wildman–Crippen LogP) is 4.70. The van der Waals surface area contributed by atoms with Gasteiger partial charge in [-0.3, -0.25) is 4.79 Å². The second-order valence-corrected chi connectivity index (χ2v) is 7.49. The maximum atomic E-state index is 13.8. The SMILES string of the molecule is O=C(NC1CC1c1ccccc1)C1(c2cccc(F)c2)CCCCC1. The molecule has 2 atom stereocenters. The maximum absolute atomic E-state index is 13.8. The molecule has 4 rings (SSSR count). The van der Waals surface area contributed by atoms with E-state index in [9.17, 15) is 9.18 Å². The zero-order chi connectivity index (χ0) is 17.3. The highest BCUT2D eigenvalue weighted by molar-refractivity contribution is 5.89. The Balaban J connectivity index is 1.53. The van der Waals surface area contributed by atoms with Gasteiger partial charge in [0.15, 0.2) is 0 Å². The van der Waals surface area contributed by atoms with Gasteiger partial charge in [-0.1, -0.05) is 61.7 Å². The summed E-state index contributed by atoms with van der Waals surface area (Å²) in [6.45, 7) is 0. The summed E-state index contributed by atoms with van der Waals surface area (Å²) in [4.78, 5) is 13.2. The summed E-state index contributed by atoms with van der Waals surface area (Å²) in [7, 11) is 0. The van der Waals surface area contributed by atoms with E-state index in [0.29, 0.717) is 5.92 Å². The molecule has 2 unspecified atom stereocenters. The van der Waals surface area contributed by atoms with Gasteiger partial charge in [-0.15, -0.1) is 0 Å². The van der Waals surface area contributed by atoms with Crippen molar-refractivity contribution in [2.45, 2.75) is 55.9 Å². The van der Waals surface area contributed by atoms with Gasteiger partial charge in [0.05, 0.1) is 5.41 Å². The van der Waals surface area contributed by atoms with Crippen LogP contribution in [0, 0.1) is 5.82 Å². The van der Waals surface area contributed by atoms with Crippen LogP contribution in [0.4, 0.5) is 4.39 Å². The van der Waals surface area contributed by atoms with Crippen molar-refractivity contribution in [3.05, 3.63) is 71.5 Å². The third-order valence-electron chi connectivity index (χ3n) is 5.85. The first-order chi connectivity index (χ1) is 12.2. The molecule has 2 aliphatic rings. The van der Waals surface area contributed by atoms with E-state index < -0.39 is 5.41 Å². The molecule has 0 spiro atoms. The highest BCUT2D eigenvalue weighted by Gasteiger charge is 2.46. The van der Waals surface area contributed by atoms with Crippen LogP contribution in [0.3, 0.4) is 0 Å². The van der Waals surface area contributed by atoms with Gasteiger partial charge in [0, 0.05) is 12.0 Å². The Hall–Kier alpha value is -2.16. The zero-order valence-electron chi connectivity index (χ0n) is 14.4. The Labute approximate surface area is 148 Å². The minimum Gasteiger partial charge on any atom is -0.352 e. The molecule has 2 aromatic carbocycles. The van der Waals surface area contributed by atoms with E-state index in [-0.39, 0.29) is 17.8 Å². The third kappa shape index (κ3) is 3.20. The number of halogens is 1. The predicted molar refractivity (Wildman–Crippen MR) is 96.9 cm³/mol.